The number of hydrogen-bond acceptors (Lipinski definition) is 4. The van der Waals surface area contributed by atoms with E-state index in [1.807, 2.05) is 13.0 Å². The van der Waals surface area contributed by atoms with Gasteiger partial charge in [-0.15, -0.1) is 0 Å². The Balaban J connectivity index is 1.75. The summed E-state index contributed by atoms with van der Waals surface area (Å²) >= 11 is 0. The van der Waals surface area contributed by atoms with Gasteiger partial charge in [0.15, 0.2) is 0 Å². The second kappa shape index (κ2) is 6.65. The van der Waals surface area contributed by atoms with Crippen LogP contribution in [0.5, 0.6) is 0 Å². The first-order valence-electron chi connectivity index (χ1n) is 9.09. The zero-order valence-electron chi connectivity index (χ0n) is 15.2. The zero-order valence-corrected chi connectivity index (χ0v) is 15.2. The summed E-state index contributed by atoms with van der Waals surface area (Å²) in [6, 6.07) is 8.62. The molecular weight excluding hydrogens is 328 g/mol. The molecule has 26 heavy (non-hydrogen) atoms. The van der Waals surface area contributed by atoms with Gasteiger partial charge in [-0.1, -0.05) is 29.8 Å². The summed E-state index contributed by atoms with van der Waals surface area (Å²) in [5, 5.41) is 11.0. The monoisotopic (exact) mass is 352 g/mol. The highest BCUT2D eigenvalue weighted by Crippen LogP contribution is 2.44. The Hall–Kier alpha value is -2.53. The number of methoxy groups -OCH3 is 1. The summed E-state index contributed by atoms with van der Waals surface area (Å²) in [6.45, 7) is 3.79. The standard InChI is InChI=1S/C21H24N2O3/c1-3-13-11-23-9-8-15-14-6-4-5-7-18(14)22-20(15)19(23)10-16(13)17(12-24)21(25)26-2/h3-7,12,16,19,22,24H,8-11H2,1-2H3/b13-3-,17-12-. The summed E-state index contributed by atoms with van der Waals surface area (Å²) in [5.41, 5.74) is 5.30. The van der Waals surface area contributed by atoms with Gasteiger partial charge in [0.1, 0.15) is 0 Å². The Kier molecular flexibility index (Phi) is 4.32. The van der Waals surface area contributed by atoms with E-state index < -0.39 is 5.97 Å². The lowest BCUT2D eigenvalue weighted by atomic mass is 9.78. The van der Waals surface area contributed by atoms with Gasteiger partial charge in [0.2, 0.25) is 0 Å². The Morgan fingerprint density at radius 3 is 2.92 bits per heavy atom. The molecule has 3 heterocycles. The number of allylic oxidation sites excluding steroid dienone is 1. The second-order valence-electron chi connectivity index (χ2n) is 7.03. The summed E-state index contributed by atoms with van der Waals surface area (Å²) in [5.74, 6) is -0.589. The first-order valence-corrected chi connectivity index (χ1v) is 9.09. The number of piperidine rings is 1. The highest BCUT2D eigenvalue weighted by Gasteiger charge is 2.40. The van der Waals surface area contributed by atoms with Crippen molar-refractivity contribution < 1.29 is 14.6 Å². The van der Waals surface area contributed by atoms with Gasteiger partial charge in [-0.2, -0.15) is 0 Å². The van der Waals surface area contributed by atoms with Crippen LogP contribution in [0.1, 0.15) is 30.6 Å². The van der Waals surface area contributed by atoms with Gasteiger partial charge in [-0.05, 0) is 31.4 Å². The van der Waals surface area contributed by atoms with Crippen LogP contribution >= 0.6 is 0 Å². The number of ether oxygens (including phenoxy) is 1. The van der Waals surface area contributed by atoms with E-state index in [4.69, 9.17) is 4.74 Å². The van der Waals surface area contributed by atoms with Crippen LogP contribution < -0.4 is 0 Å². The second-order valence-corrected chi connectivity index (χ2v) is 7.03. The Bertz CT molecular complexity index is 909. The van der Waals surface area contributed by atoms with Crippen LogP contribution in [0.4, 0.5) is 0 Å². The van der Waals surface area contributed by atoms with E-state index in [1.54, 1.807) is 0 Å². The Morgan fingerprint density at radius 1 is 1.38 bits per heavy atom. The number of fused-ring (bicyclic) bond motifs is 5. The van der Waals surface area contributed by atoms with Gasteiger partial charge < -0.3 is 14.8 Å². The minimum absolute atomic E-state index is 0.129. The minimum atomic E-state index is -0.460. The van der Waals surface area contributed by atoms with E-state index >= 15 is 0 Å². The number of nitrogens with zero attached hydrogens (tertiary/aromatic N) is 1. The maximum atomic E-state index is 12.2. The molecule has 0 aliphatic carbocycles. The number of nitrogens with one attached hydrogen (secondary N) is 1. The molecule has 1 saturated heterocycles. The van der Waals surface area contributed by atoms with E-state index in [0.29, 0.717) is 5.57 Å². The molecule has 2 N–H and O–H groups in total. The highest BCUT2D eigenvalue weighted by atomic mass is 16.5. The molecular formula is C21H24N2O3. The molecule has 2 atom stereocenters. The zero-order chi connectivity index (χ0) is 18.3. The summed E-state index contributed by atoms with van der Waals surface area (Å²) < 4.78 is 4.89. The van der Waals surface area contributed by atoms with Crippen LogP contribution in [0.3, 0.4) is 0 Å². The molecule has 4 rings (SSSR count). The number of esters is 1. The average molecular weight is 352 g/mol. The summed E-state index contributed by atoms with van der Waals surface area (Å²) in [4.78, 5) is 18.2. The van der Waals surface area contributed by atoms with E-state index in [2.05, 4.69) is 34.2 Å². The third kappa shape index (κ3) is 2.54. The van der Waals surface area contributed by atoms with Crippen molar-refractivity contribution in [2.24, 2.45) is 5.92 Å². The Morgan fingerprint density at radius 2 is 2.19 bits per heavy atom. The third-order valence-corrected chi connectivity index (χ3v) is 5.87. The van der Waals surface area contributed by atoms with Crippen LogP contribution in [-0.2, 0) is 16.0 Å². The van der Waals surface area contributed by atoms with Crippen LogP contribution in [0.15, 0.2) is 47.7 Å². The van der Waals surface area contributed by atoms with Gasteiger partial charge in [0, 0.05) is 35.6 Å². The molecule has 5 nitrogen and oxygen atoms in total. The molecule has 1 aromatic heterocycles. The van der Waals surface area contributed by atoms with Crippen molar-refractivity contribution in [2.75, 3.05) is 20.2 Å². The fraction of sp³-hybridized carbons (Fsp3) is 0.381. The van der Waals surface area contributed by atoms with Crippen LogP contribution in [0.25, 0.3) is 10.9 Å². The van der Waals surface area contributed by atoms with E-state index in [0.717, 1.165) is 37.8 Å². The summed E-state index contributed by atoms with van der Waals surface area (Å²) in [6.07, 6.45) is 4.76. The van der Waals surface area contributed by atoms with Gasteiger partial charge in [-0.25, -0.2) is 4.79 Å². The molecule has 5 heteroatoms. The predicted octanol–water partition coefficient (Wildman–Crippen LogP) is 3.65. The molecule has 136 valence electrons. The van der Waals surface area contributed by atoms with Gasteiger partial charge >= 0.3 is 5.97 Å². The fourth-order valence-electron chi connectivity index (χ4n) is 4.57. The lowest BCUT2D eigenvalue weighted by molar-refractivity contribution is -0.136. The number of aromatic amines is 1. The molecule has 1 fully saturated rings. The summed E-state index contributed by atoms with van der Waals surface area (Å²) in [7, 11) is 1.35. The van der Waals surface area contributed by atoms with Crippen molar-refractivity contribution in [3.63, 3.8) is 0 Å². The average Bonchev–Trinajstić information content (AvgIpc) is 3.07. The molecule has 2 aromatic rings. The number of carbonyl (C=O) groups is 1. The number of carbonyl (C=O) groups excluding carboxylic acids is 1. The largest absolute Gasteiger partial charge is 0.515 e. The molecule has 0 amide bonds. The first-order chi connectivity index (χ1) is 12.7. The van der Waals surface area contributed by atoms with Gasteiger partial charge in [0.05, 0.1) is 25.0 Å². The van der Waals surface area contributed by atoms with Crippen molar-refractivity contribution in [1.29, 1.82) is 0 Å². The van der Waals surface area contributed by atoms with Crippen molar-refractivity contribution in [1.82, 2.24) is 9.88 Å². The lowest BCUT2D eigenvalue weighted by Gasteiger charge is -2.43. The number of benzene rings is 1. The molecule has 2 unspecified atom stereocenters. The normalized spacial score (nSPS) is 25.2. The van der Waals surface area contributed by atoms with Crippen LogP contribution in [-0.4, -0.2) is 41.2 Å². The molecule has 0 spiro atoms. The van der Waals surface area contributed by atoms with Gasteiger partial charge in [-0.3, -0.25) is 4.90 Å². The van der Waals surface area contributed by atoms with Crippen molar-refractivity contribution in [3.05, 3.63) is 59.0 Å². The molecule has 0 saturated carbocycles. The van der Waals surface area contributed by atoms with Crippen molar-refractivity contribution in [3.8, 4) is 0 Å². The molecule has 1 aromatic carbocycles. The predicted molar refractivity (Wildman–Crippen MR) is 101 cm³/mol. The van der Waals surface area contributed by atoms with E-state index in [-0.39, 0.29) is 12.0 Å². The van der Waals surface area contributed by atoms with E-state index in [9.17, 15) is 9.90 Å². The van der Waals surface area contributed by atoms with Gasteiger partial charge in [0.25, 0.3) is 0 Å². The molecule has 2 aliphatic heterocycles. The molecule has 2 aliphatic rings. The molecule has 0 radical (unpaired) electrons. The number of H-pyrrole nitrogens is 1. The minimum Gasteiger partial charge on any atom is -0.515 e. The van der Waals surface area contributed by atoms with Crippen molar-refractivity contribution in [2.45, 2.75) is 25.8 Å². The smallest absolute Gasteiger partial charge is 0.337 e. The lowest BCUT2D eigenvalue weighted by Crippen LogP contribution is -2.43. The highest BCUT2D eigenvalue weighted by molar-refractivity contribution is 5.89. The maximum absolute atomic E-state index is 12.2. The topological polar surface area (TPSA) is 65.6 Å². The number of rotatable bonds is 2. The van der Waals surface area contributed by atoms with Crippen LogP contribution in [0.2, 0.25) is 0 Å². The number of aliphatic hydroxyl groups is 1. The number of aromatic nitrogens is 1. The van der Waals surface area contributed by atoms with E-state index in [1.165, 1.54) is 29.3 Å². The molecule has 0 bridgehead atoms. The number of hydrogen-bond donors (Lipinski definition) is 2. The quantitative estimate of drug-likeness (QED) is 0.375. The van der Waals surface area contributed by atoms with Crippen LogP contribution in [0, 0.1) is 5.92 Å². The number of para-hydroxylation sites is 1. The Labute approximate surface area is 153 Å². The SMILES string of the molecule is C/C=C1/CN2CCc3c([nH]c4ccccc34)C2CC1/C(=C/O)C(=O)OC. The maximum Gasteiger partial charge on any atom is 0.337 e. The first kappa shape index (κ1) is 16.9. The number of aliphatic hydroxyl groups excluding tert-OH is 1. The van der Waals surface area contributed by atoms with Crippen molar-refractivity contribution >= 4 is 16.9 Å². The third-order valence-electron chi connectivity index (χ3n) is 5.87. The fourth-order valence-corrected chi connectivity index (χ4v) is 4.57.